The van der Waals surface area contributed by atoms with Crippen molar-refractivity contribution < 1.29 is 17.9 Å². The zero-order chi connectivity index (χ0) is 15.9. The van der Waals surface area contributed by atoms with Gasteiger partial charge >= 0.3 is 0 Å². The molecule has 1 aromatic rings. The van der Waals surface area contributed by atoms with Crippen molar-refractivity contribution in [1.82, 2.24) is 9.29 Å². The molecule has 1 aromatic heterocycles. The topological polar surface area (TPSA) is 68.7 Å². The van der Waals surface area contributed by atoms with Crippen molar-refractivity contribution in [1.29, 1.82) is 0 Å². The van der Waals surface area contributed by atoms with Crippen molar-refractivity contribution in [3.63, 3.8) is 0 Å². The number of ether oxygens (including phenoxy) is 2. The highest BCUT2D eigenvalue weighted by Gasteiger charge is 2.51. The largest absolute Gasteiger partial charge is 0.371 e. The van der Waals surface area contributed by atoms with Crippen LogP contribution >= 0.6 is 0 Å². The predicted octanol–water partition coefficient (Wildman–Crippen LogP) is 1.32. The summed E-state index contributed by atoms with van der Waals surface area (Å²) in [6.07, 6.45) is 6.70. The Morgan fingerprint density at radius 3 is 2.87 bits per heavy atom. The molecule has 2 atom stereocenters. The number of rotatable bonds is 5. The average molecular weight is 338 g/mol. The lowest BCUT2D eigenvalue weighted by Crippen LogP contribution is -2.37. The number of aromatic nitrogens is 1. The van der Waals surface area contributed by atoms with Gasteiger partial charge in [0.2, 0.25) is 10.0 Å². The molecule has 0 bridgehead atoms. The predicted molar refractivity (Wildman–Crippen MR) is 84.2 cm³/mol. The zero-order valence-corrected chi connectivity index (χ0v) is 13.9. The van der Waals surface area contributed by atoms with Gasteiger partial charge in [-0.15, -0.1) is 0 Å². The van der Waals surface area contributed by atoms with Crippen molar-refractivity contribution in [2.24, 2.45) is 0 Å². The molecule has 6 nitrogen and oxygen atoms in total. The van der Waals surface area contributed by atoms with Gasteiger partial charge in [0.15, 0.2) is 0 Å². The van der Waals surface area contributed by atoms with Crippen LogP contribution < -0.4 is 0 Å². The first kappa shape index (κ1) is 15.5. The summed E-state index contributed by atoms with van der Waals surface area (Å²) in [5.74, 6) is 0. The summed E-state index contributed by atoms with van der Waals surface area (Å²) in [7, 11) is -3.10. The Morgan fingerprint density at radius 2 is 2.13 bits per heavy atom. The van der Waals surface area contributed by atoms with Crippen LogP contribution in [0, 0.1) is 0 Å². The van der Waals surface area contributed by atoms with E-state index in [1.165, 1.54) is 0 Å². The number of nitrogens with zero attached hydrogens (tertiary/aromatic N) is 2. The highest BCUT2D eigenvalue weighted by atomic mass is 32.2. The summed E-state index contributed by atoms with van der Waals surface area (Å²) in [6.45, 7) is 2.15. The van der Waals surface area contributed by atoms with Crippen LogP contribution in [-0.4, -0.2) is 54.4 Å². The van der Waals surface area contributed by atoms with E-state index in [4.69, 9.17) is 9.47 Å². The standard InChI is InChI=1S/C16H22N2O4S/c19-23(20,15-1-2-15)18-8-5-16(12-18)9-14(11-22-16)21-10-13-3-6-17-7-4-13/h3-4,6-7,14-15H,1-2,5,8-12H2/t14-,16-/m1/s1. The highest BCUT2D eigenvalue weighted by Crippen LogP contribution is 2.40. The monoisotopic (exact) mass is 338 g/mol. The van der Waals surface area contributed by atoms with Crippen LogP contribution in [-0.2, 0) is 26.1 Å². The zero-order valence-electron chi connectivity index (χ0n) is 13.1. The maximum absolute atomic E-state index is 12.4. The van der Waals surface area contributed by atoms with Gasteiger partial charge in [0.25, 0.3) is 0 Å². The molecule has 4 rings (SSSR count). The minimum atomic E-state index is -3.10. The van der Waals surface area contributed by atoms with Crippen LogP contribution in [0.2, 0.25) is 0 Å². The molecule has 7 heteroatoms. The van der Waals surface area contributed by atoms with Crippen molar-refractivity contribution in [2.75, 3.05) is 19.7 Å². The van der Waals surface area contributed by atoms with Gasteiger partial charge in [0.05, 0.1) is 30.2 Å². The SMILES string of the molecule is O=S(=O)(C1CC1)N1CC[C@@]2(C[C@@H](OCc3ccncc3)CO2)C1. The third-order valence-electron chi connectivity index (χ3n) is 5.00. The second-order valence-electron chi connectivity index (χ2n) is 6.81. The number of hydrogen-bond acceptors (Lipinski definition) is 5. The van der Waals surface area contributed by atoms with Crippen LogP contribution in [0.25, 0.3) is 0 Å². The summed E-state index contributed by atoms with van der Waals surface area (Å²) < 4.78 is 38.3. The van der Waals surface area contributed by atoms with Crippen LogP contribution in [0.15, 0.2) is 24.5 Å². The van der Waals surface area contributed by atoms with E-state index in [9.17, 15) is 8.42 Å². The molecule has 0 unspecified atom stereocenters. The molecular weight excluding hydrogens is 316 g/mol. The van der Waals surface area contributed by atoms with E-state index in [0.717, 1.165) is 31.2 Å². The van der Waals surface area contributed by atoms with E-state index in [-0.39, 0.29) is 17.0 Å². The Morgan fingerprint density at radius 1 is 1.35 bits per heavy atom. The van der Waals surface area contributed by atoms with Crippen LogP contribution in [0.4, 0.5) is 0 Å². The Bertz CT molecular complexity index is 662. The number of sulfonamides is 1. The van der Waals surface area contributed by atoms with Gasteiger partial charge < -0.3 is 9.47 Å². The lowest BCUT2D eigenvalue weighted by molar-refractivity contribution is 0.00273. The maximum atomic E-state index is 12.4. The maximum Gasteiger partial charge on any atom is 0.217 e. The van der Waals surface area contributed by atoms with E-state index in [1.54, 1.807) is 16.7 Å². The quantitative estimate of drug-likeness (QED) is 0.810. The average Bonchev–Trinajstić information content (AvgIpc) is 3.24. The van der Waals surface area contributed by atoms with Crippen molar-refractivity contribution >= 4 is 10.0 Å². The minimum Gasteiger partial charge on any atom is -0.371 e. The molecule has 2 aliphatic heterocycles. The lowest BCUT2D eigenvalue weighted by Gasteiger charge is -2.23. The molecule has 23 heavy (non-hydrogen) atoms. The number of pyridine rings is 1. The van der Waals surface area contributed by atoms with E-state index in [2.05, 4.69) is 4.98 Å². The van der Waals surface area contributed by atoms with E-state index in [0.29, 0.717) is 26.3 Å². The van der Waals surface area contributed by atoms with Crippen LogP contribution in [0.1, 0.15) is 31.2 Å². The molecular formula is C16H22N2O4S. The van der Waals surface area contributed by atoms with Gasteiger partial charge in [-0.1, -0.05) is 0 Å². The second-order valence-corrected chi connectivity index (χ2v) is 9.03. The Balaban J connectivity index is 1.33. The van der Waals surface area contributed by atoms with E-state index >= 15 is 0 Å². The van der Waals surface area contributed by atoms with Gasteiger partial charge in [-0.25, -0.2) is 8.42 Å². The summed E-state index contributed by atoms with van der Waals surface area (Å²) >= 11 is 0. The van der Waals surface area contributed by atoms with Gasteiger partial charge in [-0.05, 0) is 37.0 Å². The Kier molecular flexibility index (Phi) is 3.91. The third kappa shape index (κ3) is 3.15. The molecule has 3 heterocycles. The van der Waals surface area contributed by atoms with Crippen LogP contribution in [0.3, 0.4) is 0 Å². The third-order valence-corrected chi connectivity index (χ3v) is 7.34. The summed E-state index contributed by atoms with van der Waals surface area (Å²) in [4.78, 5) is 3.99. The van der Waals surface area contributed by atoms with Gasteiger partial charge in [0.1, 0.15) is 0 Å². The first-order valence-electron chi connectivity index (χ1n) is 8.21. The minimum absolute atomic E-state index is 0.0340. The Labute approximate surface area is 136 Å². The first-order chi connectivity index (χ1) is 11.1. The smallest absolute Gasteiger partial charge is 0.217 e. The fourth-order valence-electron chi connectivity index (χ4n) is 3.49. The molecule has 2 saturated heterocycles. The van der Waals surface area contributed by atoms with Crippen molar-refractivity contribution in [2.45, 2.75) is 49.2 Å². The van der Waals surface area contributed by atoms with Crippen molar-refractivity contribution in [3.05, 3.63) is 30.1 Å². The molecule has 3 fully saturated rings. The summed E-state index contributed by atoms with van der Waals surface area (Å²) in [5.41, 5.74) is 0.746. The summed E-state index contributed by atoms with van der Waals surface area (Å²) in [6, 6.07) is 3.87. The fourth-order valence-corrected chi connectivity index (χ4v) is 5.40. The normalized spacial score (nSPS) is 31.9. The Hall–Kier alpha value is -1.02. The molecule has 1 spiro atoms. The van der Waals surface area contributed by atoms with Gasteiger partial charge in [0, 0.05) is 31.9 Å². The van der Waals surface area contributed by atoms with Gasteiger partial charge in [-0.3, -0.25) is 4.98 Å². The van der Waals surface area contributed by atoms with Crippen molar-refractivity contribution in [3.8, 4) is 0 Å². The van der Waals surface area contributed by atoms with E-state index < -0.39 is 10.0 Å². The fraction of sp³-hybridized carbons (Fsp3) is 0.688. The lowest BCUT2D eigenvalue weighted by atomic mass is 9.98. The molecule has 0 amide bonds. The molecule has 1 aliphatic carbocycles. The molecule has 1 saturated carbocycles. The molecule has 0 radical (unpaired) electrons. The molecule has 126 valence electrons. The molecule has 0 aromatic carbocycles. The first-order valence-corrected chi connectivity index (χ1v) is 9.71. The van der Waals surface area contributed by atoms with Crippen LogP contribution in [0.5, 0.6) is 0 Å². The summed E-state index contributed by atoms with van der Waals surface area (Å²) in [5, 5.41) is -0.141. The van der Waals surface area contributed by atoms with E-state index in [1.807, 2.05) is 12.1 Å². The molecule has 3 aliphatic rings. The second kappa shape index (κ2) is 5.81. The number of hydrogen-bond donors (Lipinski definition) is 0. The highest BCUT2D eigenvalue weighted by molar-refractivity contribution is 7.90. The van der Waals surface area contributed by atoms with Gasteiger partial charge in [-0.2, -0.15) is 4.31 Å². The molecule has 0 N–H and O–H groups in total.